The van der Waals surface area contributed by atoms with E-state index in [1.54, 1.807) is 0 Å². The maximum atomic E-state index is 6.75. The second-order valence-electron chi connectivity index (χ2n) is 13.5. The average molecular weight is 649 g/mol. The van der Waals surface area contributed by atoms with E-state index in [4.69, 9.17) is 10.2 Å². The van der Waals surface area contributed by atoms with E-state index in [-0.39, 0.29) is 12.2 Å². The Labute approximate surface area is 291 Å². The zero-order chi connectivity index (χ0) is 33.4. The number of rotatable bonds is 6. The molecule has 1 aromatic heterocycles. The van der Waals surface area contributed by atoms with Crippen molar-refractivity contribution < 1.29 is 4.42 Å². The molecule has 2 heterocycles. The molecule has 5 N–H and O–H groups in total. The summed E-state index contributed by atoms with van der Waals surface area (Å²) in [7, 11) is 1.97. The lowest BCUT2D eigenvalue weighted by Crippen LogP contribution is -2.35. The predicted octanol–water partition coefficient (Wildman–Crippen LogP) is 8.89. The Morgan fingerprint density at radius 1 is 0.740 bits per heavy atom. The highest BCUT2D eigenvalue weighted by atomic mass is 16.3. The molecule has 0 saturated heterocycles. The minimum absolute atomic E-state index is 0.0421. The third-order valence-electron chi connectivity index (χ3n) is 11.0. The highest BCUT2D eigenvalue weighted by molar-refractivity contribution is 6.13. The van der Waals surface area contributed by atoms with Crippen LogP contribution < -0.4 is 21.7 Å². The summed E-state index contributed by atoms with van der Waals surface area (Å²) in [5.74, 6) is 0. The topological polar surface area (TPSA) is 75.2 Å². The van der Waals surface area contributed by atoms with Gasteiger partial charge in [-0.05, 0) is 74.3 Å². The van der Waals surface area contributed by atoms with Crippen LogP contribution in [0.1, 0.15) is 51.2 Å². The van der Waals surface area contributed by atoms with Crippen molar-refractivity contribution in [3.8, 4) is 22.3 Å². The van der Waals surface area contributed by atoms with Crippen molar-refractivity contribution in [2.75, 3.05) is 13.7 Å². The van der Waals surface area contributed by atoms with E-state index in [0.29, 0.717) is 6.67 Å². The van der Waals surface area contributed by atoms with Crippen LogP contribution in [0.5, 0.6) is 0 Å². The van der Waals surface area contributed by atoms with Gasteiger partial charge in [0.15, 0.2) is 0 Å². The van der Waals surface area contributed by atoms with Gasteiger partial charge >= 0.3 is 0 Å². The first kappa shape index (κ1) is 29.2. The van der Waals surface area contributed by atoms with E-state index < -0.39 is 5.41 Å². The number of nitrogens with two attached hydrogens (primary N) is 1. The Balaban J connectivity index is 1.22. The molecule has 242 valence electrons. The summed E-state index contributed by atoms with van der Waals surface area (Å²) in [4.78, 5) is 0. The Morgan fingerprint density at radius 2 is 1.52 bits per heavy atom. The molecule has 5 nitrogen and oxygen atoms in total. The van der Waals surface area contributed by atoms with Crippen LogP contribution >= 0.6 is 0 Å². The number of hydrogen-bond acceptors (Lipinski definition) is 5. The summed E-state index contributed by atoms with van der Waals surface area (Å²) in [5.41, 5.74) is 22.1. The Bertz CT molecular complexity index is 2540. The molecule has 2 aliphatic carbocycles. The van der Waals surface area contributed by atoms with Crippen LogP contribution in [-0.2, 0) is 5.41 Å². The van der Waals surface area contributed by atoms with Crippen molar-refractivity contribution in [3.63, 3.8) is 0 Å². The molecule has 3 aliphatic rings. The standard InChI is InChI=1S/C45H36N4O/c1-47-44(49-26-46)29-16-19-32-31-18-15-28(40-22-17-30(25-48-40)27-9-3-2-4-10-27)23-38(31)45(39(32)24-29)36-13-7-5-12-35(36)42-37(45)21-20-34-33-11-6-8-14-41(33)50-43(34)42/h2-25,40,44,47-49H,26,46H2,1H3. The Morgan fingerprint density at radius 3 is 2.34 bits per heavy atom. The monoisotopic (exact) mass is 648 g/mol. The molecule has 7 aromatic rings. The fourth-order valence-corrected chi connectivity index (χ4v) is 8.86. The molecule has 50 heavy (non-hydrogen) atoms. The van der Waals surface area contributed by atoms with Gasteiger partial charge in [0.25, 0.3) is 0 Å². The highest BCUT2D eigenvalue weighted by Crippen LogP contribution is 2.64. The van der Waals surface area contributed by atoms with Crippen LogP contribution in [0.4, 0.5) is 0 Å². The molecule has 3 atom stereocenters. The fraction of sp³-hybridized carbons (Fsp3) is 0.111. The molecular formula is C45H36N4O. The van der Waals surface area contributed by atoms with Gasteiger partial charge in [-0.15, -0.1) is 0 Å². The molecule has 0 saturated carbocycles. The van der Waals surface area contributed by atoms with E-state index in [1.165, 1.54) is 61.2 Å². The number of hydrogen-bond donors (Lipinski definition) is 4. The van der Waals surface area contributed by atoms with E-state index >= 15 is 0 Å². The number of nitrogens with one attached hydrogen (secondary N) is 3. The van der Waals surface area contributed by atoms with E-state index in [2.05, 4.69) is 156 Å². The van der Waals surface area contributed by atoms with E-state index in [0.717, 1.165) is 27.5 Å². The number of dihydropyridines is 1. The van der Waals surface area contributed by atoms with Gasteiger partial charge in [0.1, 0.15) is 11.2 Å². The number of fused-ring (bicyclic) bond motifs is 14. The summed E-state index contributed by atoms with van der Waals surface area (Å²) >= 11 is 0. The van der Waals surface area contributed by atoms with Crippen LogP contribution in [-0.4, -0.2) is 13.7 Å². The van der Waals surface area contributed by atoms with Gasteiger partial charge in [-0.2, -0.15) is 0 Å². The largest absolute Gasteiger partial charge is 0.455 e. The number of allylic oxidation sites excluding steroid dienone is 2. The third kappa shape index (κ3) is 4.00. The molecular weight excluding hydrogens is 613 g/mol. The Hall–Kier alpha value is -5.72. The Kier molecular flexibility index (Phi) is 6.52. The fourth-order valence-electron chi connectivity index (χ4n) is 8.86. The zero-order valence-corrected chi connectivity index (χ0v) is 27.7. The van der Waals surface area contributed by atoms with Gasteiger partial charge in [0.2, 0.25) is 0 Å². The summed E-state index contributed by atoms with van der Waals surface area (Å²) in [5, 5.41) is 12.8. The van der Waals surface area contributed by atoms with Crippen LogP contribution in [0.2, 0.25) is 0 Å². The van der Waals surface area contributed by atoms with E-state index in [9.17, 15) is 0 Å². The molecule has 5 heteroatoms. The maximum Gasteiger partial charge on any atom is 0.143 e. The molecule has 0 radical (unpaired) electrons. The molecule has 0 fully saturated rings. The van der Waals surface area contributed by atoms with Gasteiger partial charge in [-0.3, -0.25) is 5.32 Å². The summed E-state index contributed by atoms with van der Waals surface area (Å²) < 4.78 is 6.75. The van der Waals surface area contributed by atoms with E-state index in [1.807, 2.05) is 13.1 Å². The lowest BCUT2D eigenvalue weighted by molar-refractivity contribution is 0.482. The van der Waals surface area contributed by atoms with Crippen LogP contribution in [0, 0.1) is 0 Å². The van der Waals surface area contributed by atoms with Crippen molar-refractivity contribution in [1.29, 1.82) is 0 Å². The highest BCUT2D eigenvalue weighted by Gasteiger charge is 2.53. The van der Waals surface area contributed by atoms with Crippen LogP contribution in [0.15, 0.2) is 150 Å². The predicted molar refractivity (Wildman–Crippen MR) is 203 cm³/mol. The molecule has 0 amide bonds. The molecule has 3 unspecified atom stereocenters. The van der Waals surface area contributed by atoms with Gasteiger partial charge < -0.3 is 20.8 Å². The second-order valence-corrected chi connectivity index (χ2v) is 13.5. The van der Waals surface area contributed by atoms with Crippen molar-refractivity contribution in [1.82, 2.24) is 16.0 Å². The van der Waals surface area contributed by atoms with Crippen molar-refractivity contribution >= 4 is 27.5 Å². The van der Waals surface area contributed by atoms with Gasteiger partial charge in [0, 0.05) is 29.2 Å². The molecule has 10 rings (SSSR count). The first-order valence-electron chi connectivity index (χ1n) is 17.3. The normalized spacial score (nSPS) is 18.8. The van der Waals surface area contributed by atoms with Crippen molar-refractivity contribution in [2.24, 2.45) is 5.73 Å². The second kappa shape index (κ2) is 11.2. The van der Waals surface area contributed by atoms with Crippen LogP contribution in [0.3, 0.4) is 0 Å². The number of para-hydroxylation sites is 1. The number of benzene rings is 6. The summed E-state index contributed by atoms with van der Waals surface area (Å²) in [6.45, 7) is 0.370. The van der Waals surface area contributed by atoms with Crippen molar-refractivity contribution in [3.05, 3.63) is 185 Å². The molecule has 0 bridgehead atoms. The van der Waals surface area contributed by atoms with Crippen LogP contribution in [0.25, 0.3) is 49.8 Å². The SMILES string of the molecule is CNC(NCN)c1ccc2c(c1)C1(c3cc(C4C=CC(c5ccccc5)=CN4)ccc3-2)c2ccccc2-c2c1ccc1c2oc2ccccc21. The lowest BCUT2D eigenvalue weighted by atomic mass is 9.70. The lowest BCUT2D eigenvalue weighted by Gasteiger charge is -2.32. The minimum atomic E-state index is -0.541. The first-order chi connectivity index (χ1) is 24.7. The number of furan rings is 1. The maximum absolute atomic E-state index is 6.75. The zero-order valence-electron chi connectivity index (χ0n) is 27.7. The third-order valence-corrected chi connectivity index (χ3v) is 11.0. The molecule has 1 spiro atoms. The first-order valence-corrected chi connectivity index (χ1v) is 17.3. The average Bonchev–Trinajstić information content (AvgIpc) is 3.81. The smallest absolute Gasteiger partial charge is 0.143 e. The van der Waals surface area contributed by atoms with Crippen molar-refractivity contribution in [2.45, 2.75) is 17.6 Å². The minimum Gasteiger partial charge on any atom is -0.455 e. The van der Waals surface area contributed by atoms with Gasteiger partial charge in [-0.25, -0.2) is 0 Å². The van der Waals surface area contributed by atoms with Gasteiger partial charge in [-0.1, -0.05) is 133 Å². The quantitative estimate of drug-likeness (QED) is 0.136. The summed E-state index contributed by atoms with van der Waals surface area (Å²) in [6.07, 6.45) is 6.57. The molecule has 1 aliphatic heterocycles. The molecule has 6 aromatic carbocycles. The summed E-state index contributed by atoms with van der Waals surface area (Å²) in [6, 6.07) is 46.5. The van der Waals surface area contributed by atoms with Gasteiger partial charge in [0.05, 0.1) is 17.6 Å².